The molecule has 7 heteroatoms. The van der Waals surface area contributed by atoms with Gasteiger partial charge in [-0.25, -0.2) is 4.79 Å². The quantitative estimate of drug-likeness (QED) is 0.740. The number of carboxylic acid groups (broad SMARTS) is 1. The van der Waals surface area contributed by atoms with E-state index in [-0.39, 0.29) is 12.7 Å². The first-order valence-electron chi connectivity index (χ1n) is 9.72. The molecule has 2 aliphatic heterocycles. The Morgan fingerprint density at radius 1 is 1.19 bits per heavy atom. The first kappa shape index (κ1) is 19.9. The van der Waals surface area contributed by atoms with Crippen molar-refractivity contribution in [1.29, 1.82) is 0 Å². The van der Waals surface area contributed by atoms with Gasteiger partial charge in [-0.2, -0.15) is 0 Å². The summed E-state index contributed by atoms with van der Waals surface area (Å²) >= 11 is 0. The molecular formula is C20H30N2O5. The summed E-state index contributed by atoms with van der Waals surface area (Å²) in [5.41, 5.74) is 1.08. The van der Waals surface area contributed by atoms with Crippen LogP contribution in [0, 0.1) is 0 Å². The monoisotopic (exact) mass is 378 g/mol. The first-order valence-corrected chi connectivity index (χ1v) is 9.72. The Morgan fingerprint density at radius 2 is 1.96 bits per heavy atom. The highest BCUT2D eigenvalue weighted by molar-refractivity contribution is 5.68. The molecule has 0 spiro atoms. The van der Waals surface area contributed by atoms with Gasteiger partial charge in [0.15, 0.2) is 18.1 Å². The highest BCUT2D eigenvalue weighted by atomic mass is 16.5. The van der Waals surface area contributed by atoms with Gasteiger partial charge in [-0.05, 0) is 50.0 Å². The van der Waals surface area contributed by atoms with Crippen LogP contribution in [0.4, 0.5) is 0 Å². The maximum Gasteiger partial charge on any atom is 0.341 e. The Morgan fingerprint density at radius 3 is 2.70 bits per heavy atom. The third-order valence-corrected chi connectivity index (χ3v) is 5.08. The van der Waals surface area contributed by atoms with Gasteiger partial charge in [0.1, 0.15) is 0 Å². The average molecular weight is 378 g/mol. The van der Waals surface area contributed by atoms with Crippen molar-refractivity contribution in [1.82, 2.24) is 9.80 Å². The maximum atomic E-state index is 10.8. The largest absolute Gasteiger partial charge is 0.493 e. The Bertz CT molecular complexity index is 618. The molecule has 2 fully saturated rings. The molecule has 3 rings (SSSR count). The van der Waals surface area contributed by atoms with Crippen LogP contribution >= 0.6 is 0 Å². The van der Waals surface area contributed by atoms with Crippen LogP contribution in [-0.4, -0.2) is 80.0 Å². The van der Waals surface area contributed by atoms with Crippen molar-refractivity contribution >= 4 is 5.97 Å². The van der Waals surface area contributed by atoms with Crippen molar-refractivity contribution in [2.45, 2.75) is 31.9 Å². The number of likely N-dealkylation sites (tertiary alicyclic amines) is 1. The fourth-order valence-electron chi connectivity index (χ4n) is 3.81. The maximum absolute atomic E-state index is 10.8. The van der Waals surface area contributed by atoms with E-state index < -0.39 is 5.97 Å². The third-order valence-electron chi connectivity index (χ3n) is 5.08. The second-order valence-corrected chi connectivity index (χ2v) is 7.26. The van der Waals surface area contributed by atoms with Gasteiger partial charge in [-0.1, -0.05) is 6.07 Å². The van der Waals surface area contributed by atoms with Crippen LogP contribution in [0.15, 0.2) is 18.2 Å². The lowest BCUT2D eigenvalue weighted by molar-refractivity contribution is -0.139. The molecule has 1 aromatic carbocycles. The van der Waals surface area contributed by atoms with E-state index >= 15 is 0 Å². The highest BCUT2D eigenvalue weighted by Crippen LogP contribution is 2.29. The number of nitrogens with zero attached hydrogens (tertiary/aromatic N) is 2. The molecule has 0 bridgehead atoms. The molecule has 150 valence electrons. The molecule has 1 N–H and O–H groups in total. The van der Waals surface area contributed by atoms with Crippen molar-refractivity contribution in [3.8, 4) is 11.5 Å². The van der Waals surface area contributed by atoms with Gasteiger partial charge in [0.25, 0.3) is 0 Å². The fraction of sp³-hybridized carbons (Fsp3) is 0.650. The smallest absolute Gasteiger partial charge is 0.341 e. The van der Waals surface area contributed by atoms with E-state index in [2.05, 4.69) is 9.80 Å². The minimum atomic E-state index is -1.00. The van der Waals surface area contributed by atoms with E-state index in [4.69, 9.17) is 19.3 Å². The van der Waals surface area contributed by atoms with Gasteiger partial charge in [0.2, 0.25) is 0 Å². The molecule has 0 amide bonds. The van der Waals surface area contributed by atoms with Crippen LogP contribution in [0.2, 0.25) is 0 Å². The predicted octanol–water partition coefficient (Wildman–Crippen LogP) is 1.85. The van der Waals surface area contributed by atoms with Crippen molar-refractivity contribution in [2.75, 3.05) is 53.0 Å². The number of carboxylic acids is 1. The van der Waals surface area contributed by atoms with Gasteiger partial charge >= 0.3 is 5.97 Å². The number of hydrogen-bond acceptors (Lipinski definition) is 6. The summed E-state index contributed by atoms with van der Waals surface area (Å²) in [6.07, 6.45) is 3.85. The molecule has 0 radical (unpaired) electrons. The number of ether oxygens (including phenoxy) is 3. The molecule has 2 aliphatic rings. The summed E-state index contributed by atoms with van der Waals surface area (Å²) in [4.78, 5) is 15.7. The molecule has 1 aromatic rings. The SMILES string of the molecule is COc1ccc(CN2CCCO[C@@H](CN3CCCC3)C2)cc1OCC(=O)O. The number of hydrogen-bond donors (Lipinski definition) is 1. The van der Waals surface area contributed by atoms with E-state index in [1.807, 2.05) is 18.2 Å². The normalized spacial score (nSPS) is 21.7. The van der Waals surface area contributed by atoms with E-state index in [1.165, 1.54) is 25.9 Å². The number of carbonyl (C=O) groups is 1. The average Bonchev–Trinajstić information content (AvgIpc) is 3.06. The molecule has 27 heavy (non-hydrogen) atoms. The number of benzene rings is 1. The molecular weight excluding hydrogens is 348 g/mol. The number of aliphatic carboxylic acids is 1. The lowest BCUT2D eigenvalue weighted by Gasteiger charge is -2.27. The van der Waals surface area contributed by atoms with Gasteiger partial charge in [-0.3, -0.25) is 4.90 Å². The predicted molar refractivity (Wildman–Crippen MR) is 101 cm³/mol. The van der Waals surface area contributed by atoms with Crippen molar-refractivity contribution < 1.29 is 24.1 Å². The number of rotatable bonds is 8. The Balaban J connectivity index is 1.61. The van der Waals surface area contributed by atoms with Crippen molar-refractivity contribution in [3.63, 3.8) is 0 Å². The van der Waals surface area contributed by atoms with E-state index in [1.54, 1.807) is 7.11 Å². The molecule has 0 aromatic heterocycles. The molecule has 1 atom stereocenters. The highest BCUT2D eigenvalue weighted by Gasteiger charge is 2.23. The lowest BCUT2D eigenvalue weighted by atomic mass is 10.1. The van der Waals surface area contributed by atoms with Gasteiger partial charge in [0.05, 0.1) is 13.2 Å². The summed E-state index contributed by atoms with van der Waals surface area (Å²) in [6, 6.07) is 5.72. The Kier molecular flexibility index (Phi) is 7.32. The van der Waals surface area contributed by atoms with Gasteiger partial charge < -0.3 is 24.2 Å². The molecule has 7 nitrogen and oxygen atoms in total. The zero-order valence-corrected chi connectivity index (χ0v) is 16.1. The third kappa shape index (κ3) is 6.09. The Labute approximate surface area is 160 Å². The summed E-state index contributed by atoms with van der Waals surface area (Å²) < 4.78 is 16.7. The summed E-state index contributed by atoms with van der Waals surface area (Å²) in [6.45, 7) is 6.49. The van der Waals surface area contributed by atoms with E-state index in [9.17, 15) is 4.79 Å². The minimum Gasteiger partial charge on any atom is -0.493 e. The zero-order valence-electron chi connectivity index (χ0n) is 16.1. The second-order valence-electron chi connectivity index (χ2n) is 7.26. The fourth-order valence-corrected chi connectivity index (χ4v) is 3.81. The zero-order chi connectivity index (χ0) is 19.1. The second kappa shape index (κ2) is 9.92. The van der Waals surface area contributed by atoms with Crippen LogP contribution in [0.1, 0.15) is 24.8 Å². The first-order chi connectivity index (χ1) is 13.1. The van der Waals surface area contributed by atoms with Crippen molar-refractivity contribution in [3.05, 3.63) is 23.8 Å². The number of methoxy groups -OCH3 is 1. The standard InChI is InChI=1S/C20H30N2O5/c1-25-18-6-5-16(11-19(18)27-15-20(23)24)12-22-9-4-10-26-17(14-22)13-21-7-2-3-8-21/h5-6,11,17H,2-4,7-10,12-15H2,1H3,(H,23,24)/t17-/m0/s1. The molecule has 2 heterocycles. The lowest BCUT2D eigenvalue weighted by Crippen LogP contribution is -2.39. The topological polar surface area (TPSA) is 71.5 Å². The summed E-state index contributed by atoms with van der Waals surface area (Å²) in [7, 11) is 1.55. The van der Waals surface area contributed by atoms with Gasteiger partial charge in [0, 0.05) is 32.8 Å². The molecule has 0 saturated carbocycles. The molecule has 0 unspecified atom stereocenters. The molecule has 0 aliphatic carbocycles. The van der Waals surface area contributed by atoms with Crippen LogP contribution in [-0.2, 0) is 16.1 Å². The summed E-state index contributed by atoms with van der Waals surface area (Å²) in [5.74, 6) is 0.0140. The van der Waals surface area contributed by atoms with E-state index in [0.717, 1.165) is 44.8 Å². The van der Waals surface area contributed by atoms with Crippen LogP contribution in [0.25, 0.3) is 0 Å². The van der Waals surface area contributed by atoms with E-state index in [0.29, 0.717) is 11.5 Å². The molecule has 2 saturated heterocycles. The van der Waals surface area contributed by atoms with Crippen molar-refractivity contribution in [2.24, 2.45) is 0 Å². The van der Waals surface area contributed by atoms with Gasteiger partial charge in [-0.15, -0.1) is 0 Å². The van der Waals surface area contributed by atoms with Crippen LogP contribution < -0.4 is 9.47 Å². The van der Waals surface area contributed by atoms with Crippen LogP contribution in [0.5, 0.6) is 11.5 Å². The Hall–Kier alpha value is -1.83. The van der Waals surface area contributed by atoms with Crippen LogP contribution in [0.3, 0.4) is 0 Å². The summed E-state index contributed by atoms with van der Waals surface area (Å²) in [5, 5.41) is 8.85. The minimum absolute atomic E-state index is 0.242.